The fraction of sp³-hybridized carbons (Fsp3) is 0.500. The Kier molecular flexibility index (Phi) is 3.06. The molecular formula is C14H18N4O. The molecule has 5 heteroatoms. The molecule has 0 saturated heterocycles. The van der Waals surface area contributed by atoms with Gasteiger partial charge in [-0.05, 0) is 43.7 Å². The quantitative estimate of drug-likeness (QED) is 0.895. The SMILES string of the molecule is CC1CCC(N)(c2noc(-c3cccnc3)n2)CC1. The van der Waals surface area contributed by atoms with Gasteiger partial charge < -0.3 is 10.3 Å². The number of rotatable bonds is 2. The molecule has 2 aromatic rings. The zero-order valence-corrected chi connectivity index (χ0v) is 11.0. The molecular weight excluding hydrogens is 240 g/mol. The lowest BCUT2D eigenvalue weighted by Gasteiger charge is -2.33. The second kappa shape index (κ2) is 4.74. The number of aromatic nitrogens is 3. The Hall–Kier alpha value is -1.75. The number of nitrogens with two attached hydrogens (primary N) is 1. The van der Waals surface area contributed by atoms with Gasteiger partial charge in [0.2, 0.25) is 0 Å². The van der Waals surface area contributed by atoms with Crippen molar-refractivity contribution in [2.75, 3.05) is 0 Å². The first-order valence-corrected chi connectivity index (χ1v) is 6.71. The van der Waals surface area contributed by atoms with Crippen LogP contribution in [0.4, 0.5) is 0 Å². The van der Waals surface area contributed by atoms with Crippen molar-refractivity contribution < 1.29 is 4.52 Å². The van der Waals surface area contributed by atoms with Crippen LogP contribution in [0, 0.1) is 5.92 Å². The molecule has 5 nitrogen and oxygen atoms in total. The molecule has 100 valence electrons. The zero-order valence-electron chi connectivity index (χ0n) is 11.0. The van der Waals surface area contributed by atoms with E-state index in [0.717, 1.165) is 37.2 Å². The summed E-state index contributed by atoms with van der Waals surface area (Å²) in [7, 11) is 0. The molecule has 0 atom stereocenters. The van der Waals surface area contributed by atoms with E-state index >= 15 is 0 Å². The Balaban J connectivity index is 1.85. The summed E-state index contributed by atoms with van der Waals surface area (Å²) in [5, 5.41) is 4.07. The standard InChI is InChI=1S/C14H18N4O/c1-10-4-6-14(15,7-5-10)13-17-12(19-18-13)11-3-2-8-16-9-11/h2-3,8-10H,4-7,15H2,1H3. The van der Waals surface area contributed by atoms with Crippen molar-refractivity contribution in [1.29, 1.82) is 0 Å². The summed E-state index contributed by atoms with van der Waals surface area (Å²) in [6.45, 7) is 2.26. The molecule has 0 radical (unpaired) electrons. The van der Waals surface area contributed by atoms with Gasteiger partial charge in [-0.15, -0.1) is 0 Å². The predicted molar refractivity (Wildman–Crippen MR) is 71.0 cm³/mol. The van der Waals surface area contributed by atoms with E-state index in [4.69, 9.17) is 10.3 Å². The third kappa shape index (κ3) is 2.38. The van der Waals surface area contributed by atoms with Crippen molar-refractivity contribution in [1.82, 2.24) is 15.1 Å². The Bertz CT molecular complexity index is 544. The number of nitrogens with zero attached hydrogens (tertiary/aromatic N) is 3. The van der Waals surface area contributed by atoms with Crippen LogP contribution in [-0.2, 0) is 5.54 Å². The van der Waals surface area contributed by atoms with Gasteiger partial charge in [-0.1, -0.05) is 12.1 Å². The molecule has 1 fully saturated rings. The molecule has 0 spiro atoms. The Morgan fingerprint density at radius 1 is 1.37 bits per heavy atom. The summed E-state index contributed by atoms with van der Waals surface area (Å²) in [5.74, 6) is 1.85. The van der Waals surface area contributed by atoms with E-state index in [1.165, 1.54) is 0 Å². The molecule has 1 aliphatic carbocycles. The second-order valence-electron chi connectivity index (χ2n) is 5.50. The van der Waals surface area contributed by atoms with Crippen LogP contribution >= 0.6 is 0 Å². The Labute approximate surface area is 112 Å². The molecule has 1 aliphatic rings. The van der Waals surface area contributed by atoms with E-state index < -0.39 is 5.54 Å². The van der Waals surface area contributed by atoms with E-state index in [9.17, 15) is 0 Å². The van der Waals surface area contributed by atoms with Gasteiger partial charge in [-0.2, -0.15) is 4.98 Å². The second-order valence-corrected chi connectivity index (χ2v) is 5.50. The average molecular weight is 258 g/mol. The lowest BCUT2D eigenvalue weighted by molar-refractivity contribution is 0.230. The van der Waals surface area contributed by atoms with Gasteiger partial charge in [0, 0.05) is 12.4 Å². The maximum absolute atomic E-state index is 6.43. The van der Waals surface area contributed by atoms with Crippen LogP contribution in [0.5, 0.6) is 0 Å². The number of pyridine rings is 1. The summed E-state index contributed by atoms with van der Waals surface area (Å²) < 4.78 is 5.31. The number of hydrogen-bond donors (Lipinski definition) is 1. The first-order chi connectivity index (χ1) is 9.17. The highest BCUT2D eigenvalue weighted by atomic mass is 16.5. The summed E-state index contributed by atoms with van der Waals surface area (Å²) in [4.78, 5) is 8.51. The molecule has 0 unspecified atom stereocenters. The van der Waals surface area contributed by atoms with Gasteiger partial charge in [-0.25, -0.2) is 0 Å². The monoisotopic (exact) mass is 258 g/mol. The normalized spacial score (nSPS) is 27.4. The first-order valence-electron chi connectivity index (χ1n) is 6.71. The van der Waals surface area contributed by atoms with E-state index in [2.05, 4.69) is 22.0 Å². The van der Waals surface area contributed by atoms with E-state index in [-0.39, 0.29) is 0 Å². The van der Waals surface area contributed by atoms with Crippen molar-refractivity contribution >= 4 is 0 Å². The van der Waals surface area contributed by atoms with E-state index in [1.807, 2.05) is 12.1 Å². The van der Waals surface area contributed by atoms with Gasteiger partial charge in [-0.3, -0.25) is 4.98 Å². The number of hydrogen-bond acceptors (Lipinski definition) is 5. The minimum Gasteiger partial charge on any atom is -0.334 e. The largest absolute Gasteiger partial charge is 0.334 e. The maximum atomic E-state index is 6.43. The third-order valence-electron chi connectivity index (χ3n) is 3.95. The molecule has 2 N–H and O–H groups in total. The lowest BCUT2D eigenvalue weighted by atomic mass is 9.77. The van der Waals surface area contributed by atoms with Gasteiger partial charge in [0.1, 0.15) is 0 Å². The summed E-state index contributed by atoms with van der Waals surface area (Å²) in [5.41, 5.74) is 6.83. The van der Waals surface area contributed by atoms with E-state index in [0.29, 0.717) is 11.7 Å². The highest BCUT2D eigenvalue weighted by Crippen LogP contribution is 2.36. The molecule has 0 bridgehead atoms. The third-order valence-corrected chi connectivity index (χ3v) is 3.95. The van der Waals surface area contributed by atoms with Crippen LogP contribution < -0.4 is 5.73 Å². The molecule has 2 heterocycles. The minimum absolute atomic E-state index is 0.434. The fourth-order valence-corrected chi connectivity index (χ4v) is 2.53. The van der Waals surface area contributed by atoms with Crippen molar-refractivity contribution in [3.63, 3.8) is 0 Å². The van der Waals surface area contributed by atoms with E-state index in [1.54, 1.807) is 12.4 Å². The van der Waals surface area contributed by atoms with Gasteiger partial charge in [0.05, 0.1) is 11.1 Å². The fourth-order valence-electron chi connectivity index (χ4n) is 2.53. The molecule has 0 aromatic carbocycles. The van der Waals surface area contributed by atoms with Gasteiger partial charge in [0.25, 0.3) is 5.89 Å². The highest BCUT2D eigenvalue weighted by molar-refractivity contribution is 5.50. The Morgan fingerprint density at radius 2 is 2.16 bits per heavy atom. The summed E-state index contributed by atoms with van der Waals surface area (Å²) in [6.07, 6.45) is 7.50. The van der Waals surface area contributed by atoms with Crippen molar-refractivity contribution in [3.05, 3.63) is 30.4 Å². The van der Waals surface area contributed by atoms with Crippen molar-refractivity contribution in [2.45, 2.75) is 38.1 Å². The van der Waals surface area contributed by atoms with Crippen LogP contribution in [0.3, 0.4) is 0 Å². The lowest BCUT2D eigenvalue weighted by Crippen LogP contribution is -2.41. The van der Waals surface area contributed by atoms with Crippen LogP contribution in [0.1, 0.15) is 38.4 Å². The molecule has 3 rings (SSSR count). The Morgan fingerprint density at radius 3 is 2.84 bits per heavy atom. The zero-order chi connectivity index (χ0) is 13.3. The summed E-state index contributed by atoms with van der Waals surface area (Å²) >= 11 is 0. The molecule has 2 aromatic heterocycles. The molecule has 19 heavy (non-hydrogen) atoms. The van der Waals surface area contributed by atoms with Crippen LogP contribution in [-0.4, -0.2) is 15.1 Å². The van der Waals surface area contributed by atoms with Crippen molar-refractivity contribution in [3.8, 4) is 11.5 Å². The highest BCUT2D eigenvalue weighted by Gasteiger charge is 2.36. The van der Waals surface area contributed by atoms with Crippen LogP contribution in [0.15, 0.2) is 29.0 Å². The minimum atomic E-state index is -0.434. The average Bonchev–Trinajstić information content (AvgIpc) is 2.94. The maximum Gasteiger partial charge on any atom is 0.259 e. The molecule has 1 saturated carbocycles. The van der Waals surface area contributed by atoms with Crippen LogP contribution in [0.2, 0.25) is 0 Å². The van der Waals surface area contributed by atoms with Gasteiger partial charge >= 0.3 is 0 Å². The topological polar surface area (TPSA) is 77.8 Å². The van der Waals surface area contributed by atoms with Crippen molar-refractivity contribution in [2.24, 2.45) is 11.7 Å². The summed E-state index contributed by atoms with van der Waals surface area (Å²) in [6, 6.07) is 3.75. The van der Waals surface area contributed by atoms with Crippen LogP contribution in [0.25, 0.3) is 11.5 Å². The van der Waals surface area contributed by atoms with Gasteiger partial charge in [0.15, 0.2) is 5.82 Å². The molecule has 0 amide bonds. The predicted octanol–water partition coefficient (Wildman–Crippen LogP) is 2.50. The first kappa shape index (κ1) is 12.3. The molecule has 0 aliphatic heterocycles. The smallest absolute Gasteiger partial charge is 0.259 e.